The van der Waals surface area contributed by atoms with E-state index in [-0.39, 0.29) is 24.1 Å². The van der Waals surface area contributed by atoms with Crippen LogP contribution in [0.15, 0.2) is 36.5 Å². The highest BCUT2D eigenvalue weighted by atomic mass is 19.1. The maximum Gasteiger partial charge on any atom is 0.255 e. The fourth-order valence-electron chi connectivity index (χ4n) is 6.17. The van der Waals surface area contributed by atoms with E-state index in [1.807, 2.05) is 18.2 Å². The third-order valence-corrected chi connectivity index (χ3v) is 8.73. The number of pyridine rings is 1. The number of aromatic nitrogens is 3. The molecular formula is C30H31FN6O3. The number of carbonyl (C=O) groups is 3. The fraction of sp³-hybridized carbons (Fsp3) is 0.433. The van der Waals surface area contributed by atoms with Gasteiger partial charge in [-0.15, -0.1) is 0 Å². The van der Waals surface area contributed by atoms with Crippen LogP contribution in [0.1, 0.15) is 77.8 Å². The van der Waals surface area contributed by atoms with Crippen molar-refractivity contribution in [2.45, 2.75) is 70.0 Å². The van der Waals surface area contributed by atoms with Gasteiger partial charge >= 0.3 is 0 Å². The summed E-state index contributed by atoms with van der Waals surface area (Å²) in [4.78, 5) is 42.8. The summed E-state index contributed by atoms with van der Waals surface area (Å²) in [6.45, 7) is 2.88. The molecular weight excluding hydrogens is 511 g/mol. The van der Waals surface area contributed by atoms with Gasteiger partial charge in [0, 0.05) is 48.4 Å². The molecule has 2 aliphatic carbocycles. The molecule has 2 aliphatic heterocycles. The Kier molecular flexibility index (Phi) is 5.94. The molecule has 4 aliphatic rings. The van der Waals surface area contributed by atoms with E-state index < -0.39 is 11.9 Å². The first kappa shape index (κ1) is 24.9. The minimum atomic E-state index is -0.605. The van der Waals surface area contributed by atoms with Crippen LogP contribution in [0.4, 0.5) is 10.1 Å². The van der Waals surface area contributed by atoms with Crippen LogP contribution >= 0.6 is 0 Å². The molecule has 1 saturated heterocycles. The average Bonchev–Trinajstić information content (AvgIpc) is 3.58. The normalized spacial score (nSPS) is 24.1. The van der Waals surface area contributed by atoms with E-state index in [1.165, 1.54) is 6.07 Å². The molecule has 40 heavy (non-hydrogen) atoms. The lowest BCUT2D eigenvalue weighted by Gasteiger charge is -2.35. The summed E-state index contributed by atoms with van der Waals surface area (Å²) in [5.74, 6) is -0.158. The van der Waals surface area contributed by atoms with Crippen molar-refractivity contribution in [2.75, 3.05) is 11.9 Å². The van der Waals surface area contributed by atoms with Gasteiger partial charge in [0.05, 0.1) is 23.1 Å². The SMILES string of the molecule is Cc1nc(-c2cn(C3CC(CNc4ccc5c(c4)CN(C4CCC(=O)NC4=O)C5=O)C3)nc2C2CC2)ccc1F. The lowest BCUT2D eigenvalue weighted by atomic mass is 9.80. The minimum absolute atomic E-state index is 0.159. The molecule has 2 saturated carbocycles. The maximum absolute atomic E-state index is 13.8. The number of halogens is 1. The molecule has 3 fully saturated rings. The molecule has 0 radical (unpaired) electrons. The van der Waals surface area contributed by atoms with Gasteiger partial charge in [0.2, 0.25) is 11.8 Å². The van der Waals surface area contributed by atoms with Gasteiger partial charge in [0.1, 0.15) is 11.9 Å². The molecule has 3 amide bonds. The summed E-state index contributed by atoms with van der Waals surface area (Å²) in [6, 6.07) is 8.70. The number of amides is 3. The third kappa shape index (κ3) is 4.45. The molecule has 3 aromatic rings. The molecule has 1 aromatic carbocycles. The van der Waals surface area contributed by atoms with Crippen LogP contribution in [0, 0.1) is 18.7 Å². The van der Waals surface area contributed by atoms with Crippen LogP contribution in [0.3, 0.4) is 0 Å². The zero-order valence-corrected chi connectivity index (χ0v) is 22.3. The number of hydrogen-bond donors (Lipinski definition) is 2. The van der Waals surface area contributed by atoms with Crippen LogP contribution < -0.4 is 10.6 Å². The number of fused-ring (bicyclic) bond motifs is 1. The monoisotopic (exact) mass is 542 g/mol. The second-order valence-electron chi connectivity index (χ2n) is 11.6. The third-order valence-electron chi connectivity index (χ3n) is 8.73. The maximum atomic E-state index is 13.8. The molecule has 1 unspecified atom stereocenters. The van der Waals surface area contributed by atoms with Crippen molar-refractivity contribution in [3.8, 4) is 11.3 Å². The lowest BCUT2D eigenvalue weighted by molar-refractivity contribution is -0.136. The van der Waals surface area contributed by atoms with Crippen molar-refractivity contribution in [2.24, 2.45) is 5.92 Å². The highest BCUT2D eigenvalue weighted by Crippen LogP contribution is 2.45. The molecule has 10 heteroatoms. The van der Waals surface area contributed by atoms with Crippen molar-refractivity contribution in [3.63, 3.8) is 0 Å². The molecule has 206 valence electrons. The van der Waals surface area contributed by atoms with Crippen LogP contribution in [-0.2, 0) is 16.1 Å². The molecule has 9 nitrogen and oxygen atoms in total. The standard InChI is InChI=1S/C30H31FN6O3/c1-16-24(31)6-7-25(33-16)23-15-37(35-28(23)18-2-3-18)21-10-17(11-21)13-32-20-4-5-22-19(12-20)14-36(30(22)40)26-8-9-27(38)34-29(26)39/h4-7,12,15,17-18,21,26,32H,2-3,8-11,13-14H2,1H3,(H,34,38,39). The molecule has 4 heterocycles. The van der Waals surface area contributed by atoms with E-state index in [0.29, 0.717) is 42.1 Å². The second kappa shape index (κ2) is 9.53. The quantitative estimate of drug-likeness (QED) is 0.436. The van der Waals surface area contributed by atoms with Crippen molar-refractivity contribution in [3.05, 3.63) is 64.9 Å². The van der Waals surface area contributed by atoms with Gasteiger partial charge < -0.3 is 10.2 Å². The Labute approximate surface area is 231 Å². The largest absolute Gasteiger partial charge is 0.385 e. The highest BCUT2D eigenvalue weighted by molar-refractivity contribution is 6.05. The predicted octanol–water partition coefficient (Wildman–Crippen LogP) is 4.09. The van der Waals surface area contributed by atoms with Gasteiger partial charge in [0.25, 0.3) is 5.91 Å². The predicted molar refractivity (Wildman–Crippen MR) is 145 cm³/mol. The topological polar surface area (TPSA) is 109 Å². The number of carbonyl (C=O) groups excluding carboxylic acids is 3. The van der Waals surface area contributed by atoms with Gasteiger partial charge in [0.15, 0.2) is 0 Å². The first-order chi connectivity index (χ1) is 19.3. The summed E-state index contributed by atoms with van der Waals surface area (Å²) >= 11 is 0. The van der Waals surface area contributed by atoms with Gasteiger partial charge in [-0.1, -0.05) is 0 Å². The number of rotatable bonds is 7. The molecule has 0 spiro atoms. The number of nitrogens with zero attached hydrogens (tertiary/aromatic N) is 4. The first-order valence-corrected chi connectivity index (χ1v) is 14.1. The Balaban J connectivity index is 0.971. The molecule has 1 atom stereocenters. The number of anilines is 1. The van der Waals surface area contributed by atoms with Crippen molar-refractivity contribution < 1.29 is 18.8 Å². The number of imide groups is 1. The van der Waals surface area contributed by atoms with Crippen molar-refractivity contribution >= 4 is 23.4 Å². The van der Waals surface area contributed by atoms with E-state index in [4.69, 9.17) is 5.10 Å². The van der Waals surface area contributed by atoms with E-state index in [9.17, 15) is 18.8 Å². The summed E-state index contributed by atoms with van der Waals surface area (Å²) in [7, 11) is 0. The minimum Gasteiger partial charge on any atom is -0.385 e. The Morgan fingerprint density at radius 2 is 1.90 bits per heavy atom. The summed E-state index contributed by atoms with van der Waals surface area (Å²) in [5, 5.41) is 10.8. The Morgan fingerprint density at radius 1 is 1.07 bits per heavy atom. The average molecular weight is 543 g/mol. The first-order valence-electron chi connectivity index (χ1n) is 14.1. The summed E-state index contributed by atoms with van der Waals surface area (Å²) < 4.78 is 15.9. The Bertz CT molecular complexity index is 1540. The van der Waals surface area contributed by atoms with Crippen LogP contribution in [0.5, 0.6) is 0 Å². The summed E-state index contributed by atoms with van der Waals surface area (Å²) in [6.07, 6.45) is 7.00. The number of aryl methyl sites for hydroxylation is 1. The van der Waals surface area contributed by atoms with Crippen molar-refractivity contribution in [1.29, 1.82) is 0 Å². The van der Waals surface area contributed by atoms with Gasteiger partial charge in [-0.25, -0.2) is 9.37 Å². The van der Waals surface area contributed by atoms with E-state index in [1.54, 1.807) is 17.9 Å². The molecule has 2 aromatic heterocycles. The summed E-state index contributed by atoms with van der Waals surface area (Å²) in [5.41, 5.74) is 5.76. The number of benzene rings is 1. The highest BCUT2D eigenvalue weighted by Gasteiger charge is 2.39. The Morgan fingerprint density at radius 3 is 2.65 bits per heavy atom. The van der Waals surface area contributed by atoms with Crippen LogP contribution in [0.25, 0.3) is 11.3 Å². The zero-order chi connectivity index (χ0) is 27.5. The van der Waals surface area contributed by atoms with Crippen LogP contribution in [-0.4, -0.2) is 50.0 Å². The van der Waals surface area contributed by atoms with Gasteiger partial charge in [-0.05, 0) is 80.8 Å². The number of hydrogen-bond acceptors (Lipinski definition) is 6. The van der Waals surface area contributed by atoms with Gasteiger partial charge in [-0.2, -0.15) is 5.10 Å². The smallest absolute Gasteiger partial charge is 0.255 e. The fourth-order valence-corrected chi connectivity index (χ4v) is 6.17. The van der Waals surface area contributed by atoms with E-state index in [0.717, 1.165) is 60.4 Å². The van der Waals surface area contributed by atoms with Gasteiger partial charge in [-0.3, -0.25) is 24.4 Å². The zero-order valence-electron chi connectivity index (χ0n) is 22.3. The molecule has 0 bridgehead atoms. The number of piperidine rings is 1. The van der Waals surface area contributed by atoms with Crippen LogP contribution in [0.2, 0.25) is 0 Å². The number of nitrogens with one attached hydrogen (secondary N) is 2. The molecule has 7 rings (SSSR count). The van der Waals surface area contributed by atoms with E-state index in [2.05, 4.69) is 26.5 Å². The lowest BCUT2D eigenvalue weighted by Crippen LogP contribution is -2.52. The second-order valence-corrected chi connectivity index (χ2v) is 11.6. The van der Waals surface area contributed by atoms with E-state index >= 15 is 0 Å². The van der Waals surface area contributed by atoms with Crippen molar-refractivity contribution in [1.82, 2.24) is 25.0 Å². The Hall–Kier alpha value is -4.08. The molecule has 2 N–H and O–H groups in total.